The molecule has 0 bridgehead atoms. The minimum atomic E-state index is -3.18. The van der Waals surface area contributed by atoms with Crippen molar-refractivity contribution in [3.05, 3.63) is 21.8 Å². The van der Waals surface area contributed by atoms with E-state index in [1.54, 1.807) is 12.3 Å². The second-order valence-electron chi connectivity index (χ2n) is 4.63. The highest BCUT2D eigenvalue weighted by molar-refractivity contribution is 9.10. The first kappa shape index (κ1) is 15.0. The molecule has 1 aliphatic rings. The quantitative estimate of drug-likeness (QED) is 0.886. The van der Waals surface area contributed by atoms with Crippen LogP contribution in [0.2, 0.25) is 5.02 Å². The van der Waals surface area contributed by atoms with E-state index in [1.807, 2.05) is 4.90 Å². The number of piperidine rings is 1. The summed E-state index contributed by atoms with van der Waals surface area (Å²) in [5.41, 5.74) is 0. The molecule has 1 unspecified atom stereocenters. The molecular formula is C11H15BrClN3O2S. The molecule has 1 aliphatic heterocycles. The number of nitrogens with one attached hydrogen (secondary N) is 1. The van der Waals surface area contributed by atoms with Gasteiger partial charge in [-0.3, -0.25) is 0 Å². The highest BCUT2D eigenvalue weighted by atomic mass is 79.9. The average Bonchev–Trinajstić information content (AvgIpc) is 2.26. The molecule has 1 saturated heterocycles. The summed E-state index contributed by atoms with van der Waals surface area (Å²) in [7, 11) is -3.18. The molecule has 1 N–H and O–H groups in total. The number of aromatic nitrogens is 1. The lowest BCUT2D eigenvalue weighted by atomic mass is 10.1. The summed E-state index contributed by atoms with van der Waals surface area (Å²) in [6.45, 7) is 1.41. The van der Waals surface area contributed by atoms with Crippen LogP contribution >= 0.6 is 27.5 Å². The van der Waals surface area contributed by atoms with E-state index in [9.17, 15) is 8.42 Å². The largest absolute Gasteiger partial charge is 0.354 e. The topological polar surface area (TPSA) is 62.3 Å². The Morgan fingerprint density at radius 3 is 2.95 bits per heavy atom. The Bertz CT molecular complexity index is 567. The van der Waals surface area contributed by atoms with Crippen LogP contribution in [-0.4, -0.2) is 38.8 Å². The van der Waals surface area contributed by atoms with Gasteiger partial charge in [0.2, 0.25) is 10.0 Å². The fourth-order valence-electron chi connectivity index (χ4n) is 2.21. The maximum atomic E-state index is 11.3. The highest BCUT2D eigenvalue weighted by Gasteiger charge is 2.24. The van der Waals surface area contributed by atoms with Crippen molar-refractivity contribution < 1.29 is 8.42 Å². The number of hydrogen-bond donors (Lipinski definition) is 1. The Kier molecular flexibility index (Phi) is 4.70. The number of nitrogens with zero attached hydrogens (tertiary/aromatic N) is 2. The van der Waals surface area contributed by atoms with Gasteiger partial charge in [-0.1, -0.05) is 11.6 Å². The van der Waals surface area contributed by atoms with Crippen LogP contribution in [-0.2, 0) is 10.0 Å². The fourth-order valence-corrected chi connectivity index (χ4v) is 3.76. The van der Waals surface area contributed by atoms with Crippen molar-refractivity contribution >= 4 is 43.4 Å². The summed E-state index contributed by atoms with van der Waals surface area (Å²) >= 11 is 9.49. The van der Waals surface area contributed by atoms with Crippen molar-refractivity contribution in [1.29, 1.82) is 0 Å². The third kappa shape index (κ3) is 4.30. The van der Waals surface area contributed by atoms with Gasteiger partial charge in [-0.25, -0.2) is 18.1 Å². The van der Waals surface area contributed by atoms with Gasteiger partial charge in [0.15, 0.2) is 0 Å². The van der Waals surface area contributed by atoms with Gasteiger partial charge in [0.25, 0.3) is 0 Å². The number of anilines is 1. The van der Waals surface area contributed by atoms with E-state index in [2.05, 4.69) is 25.6 Å². The third-order valence-electron chi connectivity index (χ3n) is 2.89. The highest BCUT2D eigenvalue weighted by Crippen LogP contribution is 2.28. The zero-order valence-corrected chi connectivity index (χ0v) is 13.6. The standard InChI is InChI=1S/C11H15BrClN3O2S/c1-19(17,18)15-9-3-2-4-16(7-9)11-10(13)5-8(12)6-14-11/h5-6,9,15H,2-4,7H2,1H3. The molecule has 2 heterocycles. The first-order valence-electron chi connectivity index (χ1n) is 5.88. The third-order valence-corrected chi connectivity index (χ3v) is 4.36. The van der Waals surface area contributed by atoms with Gasteiger partial charge < -0.3 is 4.90 Å². The summed E-state index contributed by atoms with van der Waals surface area (Å²) in [6, 6.07) is 1.70. The Balaban J connectivity index is 2.12. The van der Waals surface area contributed by atoms with Crippen LogP contribution in [0.1, 0.15) is 12.8 Å². The van der Waals surface area contributed by atoms with E-state index in [0.29, 0.717) is 17.4 Å². The molecule has 1 atom stereocenters. The van der Waals surface area contributed by atoms with E-state index >= 15 is 0 Å². The van der Waals surface area contributed by atoms with E-state index in [4.69, 9.17) is 11.6 Å². The minimum Gasteiger partial charge on any atom is -0.354 e. The molecule has 2 rings (SSSR count). The zero-order valence-electron chi connectivity index (χ0n) is 10.4. The van der Waals surface area contributed by atoms with Crippen molar-refractivity contribution in [2.45, 2.75) is 18.9 Å². The molecule has 19 heavy (non-hydrogen) atoms. The Morgan fingerprint density at radius 1 is 1.58 bits per heavy atom. The van der Waals surface area contributed by atoms with Crippen molar-refractivity contribution in [2.75, 3.05) is 24.2 Å². The van der Waals surface area contributed by atoms with E-state index in [-0.39, 0.29) is 6.04 Å². The molecule has 1 aromatic heterocycles. The van der Waals surface area contributed by atoms with E-state index in [0.717, 1.165) is 23.9 Å². The number of pyridine rings is 1. The molecule has 0 radical (unpaired) electrons. The molecular weight excluding hydrogens is 354 g/mol. The first-order chi connectivity index (χ1) is 8.85. The SMILES string of the molecule is CS(=O)(=O)NC1CCCN(c2ncc(Br)cc2Cl)C1. The number of rotatable bonds is 3. The van der Waals surface area contributed by atoms with Crippen LogP contribution < -0.4 is 9.62 Å². The van der Waals surface area contributed by atoms with Gasteiger partial charge >= 0.3 is 0 Å². The molecule has 1 fully saturated rings. The smallest absolute Gasteiger partial charge is 0.209 e. The van der Waals surface area contributed by atoms with Crippen molar-refractivity contribution in [3.8, 4) is 0 Å². The van der Waals surface area contributed by atoms with Crippen LogP contribution in [0.15, 0.2) is 16.7 Å². The number of halogens is 2. The fraction of sp³-hybridized carbons (Fsp3) is 0.545. The molecule has 5 nitrogen and oxygen atoms in total. The lowest BCUT2D eigenvalue weighted by Gasteiger charge is -2.34. The summed E-state index contributed by atoms with van der Waals surface area (Å²) in [5.74, 6) is 0.699. The Hall–Kier alpha value is -0.370. The Labute approximate surface area is 126 Å². The normalized spacial score (nSPS) is 20.6. The van der Waals surface area contributed by atoms with Gasteiger partial charge in [0.1, 0.15) is 5.82 Å². The van der Waals surface area contributed by atoms with Crippen LogP contribution in [0.3, 0.4) is 0 Å². The molecule has 0 saturated carbocycles. The molecule has 0 aromatic carbocycles. The van der Waals surface area contributed by atoms with Gasteiger partial charge in [-0.15, -0.1) is 0 Å². The van der Waals surface area contributed by atoms with Crippen molar-refractivity contribution in [3.63, 3.8) is 0 Å². The molecule has 0 amide bonds. The van der Waals surface area contributed by atoms with E-state index < -0.39 is 10.0 Å². The summed E-state index contributed by atoms with van der Waals surface area (Å²) in [4.78, 5) is 6.32. The van der Waals surface area contributed by atoms with Gasteiger partial charge in [0.05, 0.1) is 11.3 Å². The maximum absolute atomic E-state index is 11.3. The lowest BCUT2D eigenvalue weighted by molar-refractivity contribution is 0.465. The predicted octanol–water partition coefficient (Wildman–Crippen LogP) is 2.02. The molecule has 1 aromatic rings. The van der Waals surface area contributed by atoms with Crippen LogP contribution in [0.25, 0.3) is 0 Å². The number of sulfonamides is 1. The lowest BCUT2D eigenvalue weighted by Crippen LogP contribution is -2.47. The average molecular weight is 369 g/mol. The van der Waals surface area contributed by atoms with Crippen LogP contribution in [0.5, 0.6) is 0 Å². The van der Waals surface area contributed by atoms with Crippen molar-refractivity contribution in [1.82, 2.24) is 9.71 Å². The van der Waals surface area contributed by atoms with E-state index in [1.165, 1.54) is 6.26 Å². The summed E-state index contributed by atoms with van der Waals surface area (Å²) in [6.07, 6.45) is 4.60. The Morgan fingerprint density at radius 2 is 2.32 bits per heavy atom. The van der Waals surface area contributed by atoms with Gasteiger partial charge in [-0.05, 0) is 34.8 Å². The second-order valence-corrected chi connectivity index (χ2v) is 7.74. The zero-order chi connectivity index (χ0) is 14.0. The molecule has 0 aliphatic carbocycles. The monoisotopic (exact) mass is 367 g/mol. The van der Waals surface area contributed by atoms with Gasteiger partial charge in [0, 0.05) is 29.8 Å². The molecule has 8 heteroatoms. The number of hydrogen-bond acceptors (Lipinski definition) is 4. The minimum absolute atomic E-state index is 0.0923. The molecule has 106 valence electrons. The maximum Gasteiger partial charge on any atom is 0.209 e. The van der Waals surface area contributed by atoms with Crippen LogP contribution in [0, 0.1) is 0 Å². The summed E-state index contributed by atoms with van der Waals surface area (Å²) in [5, 5.41) is 0.564. The van der Waals surface area contributed by atoms with Crippen molar-refractivity contribution in [2.24, 2.45) is 0 Å². The van der Waals surface area contributed by atoms with Gasteiger partial charge in [-0.2, -0.15) is 0 Å². The first-order valence-corrected chi connectivity index (χ1v) is 8.95. The second kappa shape index (κ2) is 5.95. The van der Waals surface area contributed by atoms with Crippen LogP contribution in [0.4, 0.5) is 5.82 Å². The predicted molar refractivity (Wildman–Crippen MR) is 80.2 cm³/mol. The molecule has 0 spiro atoms. The summed E-state index contributed by atoms with van der Waals surface area (Å²) < 4.78 is 26.0.